The van der Waals surface area contributed by atoms with Gasteiger partial charge in [0.2, 0.25) is 0 Å². The third-order valence-corrected chi connectivity index (χ3v) is 5.20. The van der Waals surface area contributed by atoms with Gasteiger partial charge in [0.1, 0.15) is 6.61 Å². The number of urea groups is 1. The maximum absolute atomic E-state index is 13.1. The van der Waals surface area contributed by atoms with E-state index in [4.69, 9.17) is 4.74 Å². The van der Waals surface area contributed by atoms with Crippen LogP contribution in [-0.2, 0) is 17.9 Å². The summed E-state index contributed by atoms with van der Waals surface area (Å²) in [6, 6.07) is 14.4. The number of nitrogens with one attached hydrogen (secondary N) is 1. The molecule has 0 bridgehead atoms. The summed E-state index contributed by atoms with van der Waals surface area (Å²) in [7, 11) is 0. The van der Waals surface area contributed by atoms with Crippen LogP contribution < -0.4 is 5.32 Å². The first kappa shape index (κ1) is 17.5. The second-order valence-corrected chi connectivity index (χ2v) is 7.04. The highest BCUT2D eigenvalue weighted by atomic mass is 16.5. The summed E-state index contributed by atoms with van der Waals surface area (Å²) in [6.45, 7) is 0.508. The average molecular weight is 366 g/mol. The van der Waals surface area contributed by atoms with Gasteiger partial charge < -0.3 is 20.1 Å². The fourth-order valence-electron chi connectivity index (χ4n) is 3.56. The maximum atomic E-state index is 13.1. The number of hydrogen-bond donors (Lipinski definition) is 2. The number of fused-ring (bicyclic) bond motifs is 1. The second kappa shape index (κ2) is 7.40. The minimum absolute atomic E-state index is 0.0700. The van der Waals surface area contributed by atoms with Crippen molar-refractivity contribution in [2.75, 3.05) is 11.9 Å². The first-order valence-electron chi connectivity index (χ1n) is 9.19. The standard InChI is InChI=1S/C21H22N2O4/c24-12-19(15-9-10-15)23(11-14-5-2-1-3-6-14)21(26)22-18-8-4-7-16-17(18)13-27-20(16)25/h1-8,15,19,24H,9-13H2,(H,22,26). The number of carbonyl (C=O) groups excluding carboxylic acids is 2. The Morgan fingerprint density at radius 1 is 1.19 bits per heavy atom. The van der Waals surface area contributed by atoms with Crippen LogP contribution in [0.15, 0.2) is 48.5 Å². The highest BCUT2D eigenvalue weighted by Gasteiger charge is 2.37. The molecular weight excluding hydrogens is 344 g/mol. The monoisotopic (exact) mass is 366 g/mol. The van der Waals surface area contributed by atoms with Crippen molar-refractivity contribution in [1.82, 2.24) is 4.90 Å². The van der Waals surface area contributed by atoms with Gasteiger partial charge >= 0.3 is 12.0 Å². The van der Waals surface area contributed by atoms with Crippen LogP contribution in [0, 0.1) is 5.92 Å². The Labute approximate surface area is 157 Å². The van der Waals surface area contributed by atoms with Gasteiger partial charge in [-0.05, 0) is 36.5 Å². The molecule has 2 aromatic carbocycles. The molecule has 0 aromatic heterocycles. The summed E-state index contributed by atoms with van der Waals surface area (Å²) < 4.78 is 5.07. The van der Waals surface area contributed by atoms with Gasteiger partial charge in [0.25, 0.3) is 0 Å². The van der Waals surface area contributed by atoms with Gasteiger partial charge in [0.05, 0.1) is 18.2 Å². The number of amides is 2. The van der Waals surface area contributed by atoms with Crippen LogP contribution in [0.5, 0.6) is 0 Å². The zero-order chi connectivity index (χ0) is 18.8. The zero-order valence-corrected chi connectivity index (χ0v) is 14.9. The van der Waals surface area contributed by atoms with Crippen LogP contribution in [0.2, 0.25) is 0 Å². The Bertz CT molecular complexity index is 849. The van der Waals surface area contributed by atoms with Crippen LogP contribution in [0.4, 0.5) is 10.5 Å². The van der Waals surface area contributed by atoms with E-state index in [1.54, 1.807) is 23.1 Å². The Hall–Kier alpha value is -2.86. The highest BCUT2D eigenvalue weighted by molar-refractivity contribution is 5.98. The Balaban J connectivity index is 1.58. The predicted octanol–water partition coefficient (Wildman–Crippen LogP) is 3.16. The zero-order valence-electron chi connectivity index (χ0n) is 14.9. The number of anilines is 1. The van der Waals surface area contributed by atoms with E-state index in [1.807, 2.05) is 30.3 Å². The number of carbonyl (C=O) groups is 2. The number of esters is 1. The van der Waals surface area contributed by atoms with Crippen LogP contribution in [0.25, 0.3) is 0 Å². The van der Waals surface area contributed by atoms with E-state index in [-0.39, 0.29) is 31.3 Å². The molecule has 2 aliphatic rings. The van der Waals surface area contributed by atoms with Gasteiger partial charge in [-0.25, -0.2) is 9.59 Å². The van der Waals surface area contributed by atoms with E-state index >= 15 is 0 Å². The van der Waals surface area contributed by atoms with Crippen LogP contribution in [0.3, 0.4) is 0 Å². The van der Waals surface area contributed by atoms with Crippen molar-refractivity contribution in [3.63, 3.8) is 0 Å². The second-order valence-electron chi connectivity index (χ2n) is 7.04. The molecule has 27 heavy (non-hydrogen) atoms. The number of rotatable bonds is 6. The van der Waals surface area contributed by atoms with Crippen LogP contribution >= 0.6 is 0 Å². The largest absolute Gasteiger partial charge is 0.457 e. The Kier molecular flexibility index (Phi) is 4.81. The number of nitrogens with zero attached hydrogens (tertiary/aromatic N) is 1. The molecule has 1 unspecified atom stereocenters. The SMILES string of the molecule is O=C1OCc2c(NC(=O)N(Cc3ccccc3)C(CO)C3CC3)cccc21. The summed E-state index contributed by atoms with van der Waals surface area (Å²) in [4.78, 5) is 26.6. The van der Waals surface area contributed by atoms with Gasteiger partial charge in [0.15, 0.2) is 0 Å². The van der Waals surface area contributed by atoms with E-state index in [9.17, 15) is 14.7 Å². The van der Waals surface area contributed by atoms with Gasteiger partial charge in [-0.2, -0.15) is 0 Å². The van der Waals surface area contributed by atoms with Crippen molar-refractivity contribution in [2.24, 2.45) is 5.92 Å². The van der Waals surface area contributed by atoms with E-state index in [0.717, 1.165) is 18.4 Å². The fraction of sp³-hybridized carbons (Fsp3) is 0.333. The molecule has 2 aromatic rings. The lowest BCUT2D eigenvalue weighted by Gasteiger charge is -2.31. The van der Waals surface area contributed by atoms with Crippen molar-refractivity contribution in [3.05, 3.63) is 65.2 Å². The molecule has 1 aliphatic carbocycles. The molecule has 6 nitrogen and oxygen atoms in total. The molecule has 140 valence electrons. The van der Waals surface area contributed by atoms with Gasteiger partial charge in [-0.3, -0.25) is 0 Å². The van der Waals surface area contributed by atoms with E-state index < -0.39 is 0 Å². The van der Waals surface area contributed by atoms with Crippen LogP contribution in [-0.4, -0.2) is 34.7 Å². The maximum Gasteiger partial charge on any atom is 0.338 e. The summed E-state index contributed by atoms with van der Waals surface area (Å²) in [5.41, 5.74) is 2.77. The number of benzene rings is 2. The molecule has 1 fully saturated rings. The van der Waals surface area contributed by atoms with Gasteiger partial charge in [0, 0.05) is 17.8 Å². The predicted molar refractivity (Wildman–Crippen MR) is 100 cm³/mol. The summed E-state index contributed by atoms with van der Waals surface area (Å²) in [5.74, 6) is -0.0377. The van der Waals surface area contributed by atoms with E-state index in [2.05, 4.69) is 5.32 Å². The van der Waals surface area contributed by atoms with E-state index in [0.29, 0.717) is 29.3 Å². The lowest BCUT2D eigenvalue weighted by atomic mass is 10.1. The van der Waals surface area contributed by atoms with Crippen molar-refractivity contribution >= 4 is 17.7 Å². The first-order valence-corrected chi connectivity index (χ1v) is 9.19. The molecule has 0 radical (unpaired) electrons. The van der Waals surface area contributed by atoms with Gasteiger partial charge in [-0.15, -0.1) is 0 Å². The minimum atomic E-state index is -0.367. The van der Waals surface area contributed by atoms with Crippen molar-refractivity contribution in [2.45, 2.75) is 32.0 Å². The van der Waals surface area contributed by atoms with Crippen LogP contribution in [0.1, 0.15) is 34.3 Å². The van der Waals surface area contributed by atoms with Crippen molar-refractivity contribution < 1.29 is 19.4 Å². The molecule has 0 saturated heterocycles. The summed E-state index contributed by atoms with van der Waals surface area (Å²) in [5, 5.41) is 12.8. The molecule has 2 amide bonds. The van der Waals surface area contributed by atoms with E-state index in [1.165, 1.54) is 0 Å². The molecule has 0 spiro atoms. The highest BCUT2D eigenvalue weighted by Crippen LogP contribution is 2.36. The minimum Gasteiger partial charge on any atom is -0.457 e. The average Bonchev–Trinajstić information content (AvgIpc) is 3.45. The topological polar surface area (TPSA) is 78.9 Å². The number of ether oxygens (including phenoxy) is 1. The summed E-state index contributed by atoms with van der Waals surface area (Å²) in [6.07, 6.45) is 2.04. The lowest BCUT2D eigenvalue weighted by molar-refractivity contribution is 0.0535. The molecule has 1 aliphatic heterocycles. The number of aliphatic hydroxyl groups excluding tert-OH is 1. The molecular formula is C21H22N2O4. The number of cyclic esters (lactones) is 1. The third-order valence-electron chi connectivity index (χ3n) is 5.20. The first-order chi connectivity index (χ1) is 13.2. The lowest BCUT2D eigenvalue weighted by Crippen LogP contribution is -2.45. The fourth-order valence-corrected chi connectivity index (χ4v) is 3.56. The smallest absolute Gasteiger partial charge is 0.338 e. The quantitative estimate of drug-likeness (QED) is 0.770. The number of hydrogen-bond acceptors (Lipinski definition) is 4. The Morgan fingerprint density at radius 3 is 2.67 bits per heavy atom. The third kappa shape index (κ3) is 3.66. The molecule has 1 heterocycles. The molecule has 1 atom stereocenters. The molecule has 6 heteroatoms. The summed E-state index contributed by atoms with van der Waals surface area (Å²) >= 11 is 0. The molecule has 1 saturated carbocycles. The molecule has 2 N–H and O–H groups in total. The normalized spacial score (nSPS) is 16.4. The van der Waals surface area contributed by atoms with Crippen molar-refractivity contribution in [1.29, 1.82) is 0 Å². The Morgan fingerprint density at radius 2 is 1.96 bits per heavy atom. The number of aliphatic hydroxyl groups is 1. The van der Waals surface area contributed by atoms with Gasteiger partial charge in [-0.1, -0.05) is 36.4 Å². The molecule has 4 rings (SSSR count). The van der Waals surface area contributed by atoms with Crippen molar-refractivity contribution in [3.8, 4) is 0 Å².